The summed E-state index contributed by atoms with van der Waals surface area (Å²) in [5.74, 6) is 0.286. The van der Waals surface area contributed by atoms with E-state index in [0.29, 0.717) is 11.4 Å². The highest BCUT2D eigenvalue weighted by Gasteiger charge is 2.09. The molecule has 7 heteroatoms. The summed E-state index contributed by atoms with van der Waals surface area (Å²) in [4.78, 5) is 11.5. The molecule has 1 amide bonds. The molecule has 2 atom stereocenters. The third-order valence-corrected chi connectivity index (χ3v) is 2.82. The second-order valence-corrected chi connectivity index (χ2v) is 5.16. The van der Waals surface area contributed by atoms with Gasteiger partial charge >= 0.3 is 0 Å². The van der Waals surface area contributed by atoms with E-state index in [1.165, 1.54) is 10.9 Å². The molecular formula is C9H16N4O2S. The first-order valence-corrected chi connectivity index (χ1v) is 6.57. The average Bonchev–Trinajstić information content (AvgIpc) is 2.48. The lowest BCUT2D eigenvalue weighted by Crippen LogP contribution is -2.38. The molecule has 1 rings (SSSR count). The first kappa shape index (κ1) is 12.7. The van der Waals surface area contributed by atoms with Crippen LogP contribution in [0.1, 0.15) is 6.92 Å². The summed E-state index contributed by atoms with van der Waals surface area (Å²) in [6.07, 6.45) is 4.68. The maximum atomic E-state index is 11.5. The van der Waals surface area contributed by atoms with E-state index < -0.39 is 10.8 Å². The molecule has 0 aromatic carbocycles. The quantitative estimate of drug-likeness (QED) is 0.720. The summed E-state index contributed by atoms with van der Waals surface area (Å²) in [6, 6.07) is -0.105. The number of nitrogen functional groups attached to an aromatic ring is 1. The highest BCUT2D eigenvalue weighted by atomic mass is 32.2. The van der Waals surface area contributed by atoms with Crippen molar-refractivity contribution in [3.63, 3.8) is 0 Å². The Kier molecular flexibility index (Phi) is 4.48. The molecule has 90 valence electrons. The average molecular weight is 244 g/mol. The Morgan fingerprint density at radius 1 is 1.75 bits per heavy atom. The van der Waals surface area contributed by atoms with Gasteiger partial charge in [0.2, 0.25) is 5.91 Å². The highest BCUT2D eigenvalue weighted by Crippen LogP contribution is 1.97. The zero-order valence-electron chi connectivity index (χ0n) is 9.34. The molecule has 0 saturated heterocycles. The lowest BCUT2D eigenvalue weighted by Gasteiger charge is -2.12. The summed E-state index contributed by atoms with van der Waals surface area (Å²) in [5.41, 5.74) is 5.99. The minimum atomic E-state index is -0.912. The molecule has 1 heterocycles. The number of nitrogens with two attached hydrogens (primary N) is 1. The Labute approximate surface area is 96.7 Å². The van der Waals surface area contributed by atoms with E-state index in [9.17, 15) is 9.00 Å². The summed E-state index contributed by atoms with van der Waals surface area (Å²) in [7, 11) is -0.912. The van der Waals surface area contributed by atoms with Crippen LogP contribution in [-0.2, 0) is 22.1 Å². The summed E-state index contributed by atoms with van der Waals surface area (Å²) in [6.45, 7) is 1.94. The number of amides is 1. The first-order chi connectivity index (χ1) is 7.47. The van der Waals surface area contributed by atoms with Crippen LogP contribution < -0.4 is 11.1 Å². The third kappa shape index (κ3) is 4.43. The molecule has 0 saturated carbocycles. The predicted octanol–water partition coefficient (Wildman–Crippen LogP) is -0.651. The Morgan fingerprint density at radius 3 is 2.94 bits per heavy atom. The normalized spacial score (nSPS) is 14.4. The fraction of sp³-hybridized carbons (Fsp3) is 0.556. The van der Waals surface area contributed by atoms with Crippen LogP contribution in [0.25, 0.3) is 0 Å². The topological polar surface area (TPSA) is 90.0 Å². The van der Waals surface area contributed by atoms with Crippen LogP contribution in [0.15, 0.2) is 12.4 Å². The van der Waals surface area contributed by atoms with Gasteiger partial charge in [-0.05, 0) is 6.92 Å². The zero-order valence-corrected chi connectivity index (χ0v) is 10.2. The van der Waals surface area contributed by atoms with E-state index in [4.69, 9.17) is 5.73 Å². The number of nitrogens with one attached hydrogen (secondary N) is 1. The molecule has 3 N–H and O–H groups in total. The van der Waals surface area contributed by atoms with Gasteiger partial charge in [-0.2, -0.15) is 5.10 Å². The van der Waals surface area contributed by atoms with Crippen LogP contribution in [0.3, 0.4) is 0 Å². The second kappa shape index (κ2) is 5.64. The van der Waals surface area contributed by atoms with Crippen LogP contribution in [0.2, 0.25) is 0 Å². The van der Waals surface area contributed by atoms with Gasteiger partial charge in [0.15, 0.2) is 0 Å². The molecule has 0 fully saturated rings. The standard InChI is InChI=1S/C9H16N4O2S/c1-7(6-16(2)15)12-9(14)5-13-4-8(10)3-11-13/h3-4,7H,5-6,10H2,1-2H3,(H,12,14). The van der Waals surface area contributed by atoms with Gasteiger partial charge in [-0.1, -0.05) is 0 Å². The first-order valence-electron chi connectivity index (χ1n) is 4.84. The smallest absolute Gasteiger partial charge is 0.241 e. The number of hydrogen-bond donors (Lipinski definition) is 2. The molecular weight excluding hydrogens is 228 g/mol. The van der Waals surface area contributed by atoms with Crippen LogP contribution in [0, 0.1) is 0 Å². The van der Waals surface area contributed by atoms with Crippen molar-refractivity contribution in [2.24, 2.45) is 0 Å². The molecule has 0 aliphatic rings. The van der Waals surface area contributed by atoms with Gasteiger partial charge in [0.25, 0.3) is 0 Å². The maximum Gasteiger partial charge on any atom is 0.241 e. The van der Waals surface area contributed by atoms with Crippen molar-refractivity contribution in [2.45, 2.75) is 19.5 Å². The number of carbonyl (C=O) groups excluding carboxylic acids is 1. The van der Waals surface area contributed by atoms with Crippen LogP contribution in [0.5, 0.6) is 0 Å². The van der Waals surface area contributed by atoms with Crippen molar-refractivity contribution in [3.05, 3.63) is 12.4 Å². The van der Waals surface area contributed by atoms with Crippen molar-refractivity contribution in [1.82, 2.24) is 15.1 Å². The van der Waals surface area contributed by atoms with Crippen molar-refractivity contribution in [1.29, 1.82) is 0 Å². The van der Waals surface area contributed by atoms with Crippen LogP contribution in [0.4, 0.5) is 5.69 Å². The molecule has 16 heavy (non-hydrogen) atoms. The summed E-state index contributed by atoms with van der Waals surface area (Å²) < 4.78 is 12.4. The zero-order chi connectivity index (χ0) is 12.1. The molecule has 1 aromatic rings. The van der Waals surface area contributed by atoms with E-state index in [-0.39, 0.29) is 18.5 Å². The minimum Gasteiger partial charge on any atom is -0.396 e. The number of carbonyl (C=O) groups is 1. The van der Waals surface area contributed by atoms with E-state index in [1.54, 1.807) is 12.5 Å². The molecule has 1 aromatic heterocycles. The lowest BCUT2D eigenvalue weighted by molar-refractivity contribution is -0.122. The minimum absolute atomic E-state index is 0.105. The number of rotatable bonds is 5. The summed E-state index contributed by atoms with van der Waals surface area (Å²) in [5, 5.41) is 6.63. The Morgan fingerprint density at radius 2 is 2.44 bits per heavy atom. The van der Waals surface area contributed by atoms with Gasteiger partial charge < -0.3 is 11.1 Å². The Balaban J connectivity index is 2.38. The van der Waals surface area contributed by atoms with E-state index in [1.807, 2.05) is 6.92 Å². The SMILES string of the molecule is CC(CS(C)=O)NC(=O)Cn1cc(N)cn1. The van der Waals surface area contributed by atoms with Gasteiger partial charge in [0.1, 0.15) is 6.54 Å². The molecule has 6 nitrogen and oxygen atoms in total. The molecule has 0 aliphatic carbocycles. The van der Waals surface area contributed by atoms with Crippen molar-refractivity contribution < 1.29 is 9.00 Å². The number of hydrogen-bond acceptors (Lipinski definition) is 4. The van der Waals surface area contributed by atoms with E-state index in [0.717, 1.165) is 0 Å². The van der Waals surface area contributed by atoms with Crippen molar-refractivity contribution in [2.75, 3.05) is 17.7 Å². The Hall–Kier alpha value is -1.37. The largest absolute Gasteiger partial charge is 0.396 e. The third-order valence-electron chi connectivity index (χ3n) is 1.85. The van der Waals surface area contributed by atoms with E-state index in [2.05, 4.69) is 10.4 Å². The van der Waals surface area contributed by atoms with Gasteiger partial charge in [0.05, 0.1) is 11.9 Å². The number of nitrogens with zero attached hydrogens (tertiary/aromatic N) is 2. The molecule has 0 bridgehead atoms. The number of anilines is 1. The molecule has 2 unspecified atom stereocenters. The fourth-order valence-electron chi connectivity index (χ4n) is 1.33. The molecule has 0 radical (unpaired) electrons. The maximum absolute atomic E-state index is 11.5. The molecule has 0 aliphatic heterocycles. The van der Waals surface area contributed by atoms with Gasteiger partial charge in [-0.25, -0.2) is 0 Å². The Bertz CT molecular complexity index is 391. The number of aromatic nitrogens is 2. The van der Waals surface area contributed by atoms with Crippen molar-refractivity contribution in [3.8, 4) is 0 Å². The van der Waals surface area contributed by atoms with Crippen LogP contribution >= 0.6 is 0 Å². The van der Waals surface area contributed by atoms with Gasteiger partial charge in [-0.3, -0.25) is 13.7 Å². The van der Waals surface area contributed by atoms with Crippen LogP contribution in [-0.4, -0.2) is 37.9 Å². The summed E-state index contributed by atoms with van der Waals surface area (Å²) >= 11 is 0. The lowest BCUT2D eigenvalue weighted by atomic mass is 10.4. The van der Waals surface area contributed by atoms with Gasteiger partial charge in [0, 0.05) is 35.0 Å². The fourth-order valence-corrected chi connectivity index (χ4v) is 2.11. The molecule has 0 spiro atoms. The van der Waals surface area contributed by atoms with Gasteiger partial charge in [-0.15, -0.1) is 0 Å². The second-order valence-electron chi connectivity index (χ2n) is 3.68. The van der Waals surface area contributed by atoms with E-state index >= 15 is 0 Å². The monoisotopic (exact) mass is 244 g/mol. The predicted molar refractivity (Wildman–Crippen MR) is 63.2 cm³/mol. The highest BCUT2D eigenvalue weighted by molar-refractivity contribution is 7.84. The van der Waals surface area contributed by atoms with Crippen molar-refractivity contribution >= 4 is 22.4 Å².